The van der Waals surface area contributed by atoms with E-state index in [-0.39, 0.29) is 23.1 Å². The summed E-state index contributed by atoms with van der Waals surface area (Å²) in [5.74, 6) is -0.971. The van der Waals surface area contributed by atoms with Crippen LogP contribution in [-0.4, -0.2) is 62.8 Å². The first kappa shape index (κ1) is 21.2. The van der Waals surface area contributed by atoms with E-state index in [0.717, 1.165) is 26.1 Å². The van der Waals surface area contributed by atoms with Gasteiger partial charge in [-0.25, -0.2) is 17.1 Å². The lowest BCUT2D eigenvalue weighted by Crippen LogP contribution is -2.43. The van der Waals surface area contributed by atoms with Gasteiger partial charge in [-0.15, -0.1) is 0 Å². The van der Waals surface area contributed by atoms with Crippen molar-refractivity contribution in [1.82, 2.24) is 14.5 Å². The Morgan fingerprint density at radius 1 is 1.11 bits per heavy atom. The molecule has 2 saturated heterocycles. The van der Waals surface area contributed by atoms with Crippen molar-refractivity contribution in [2.45, 2.75) is 37.9 Å². The van der Waals surface area contributed by atoms with Crippen LogP contribution >= 0.6 is 0 Å². The molecule has 6 nitrogen and oxygen atoms in total. The maximum atomic E-state index is 13.8. The molecule has 0 spiro atoms. The Morgan fingerprint density at radius 2 is 1.79 bits per heavy atom. The fourth-order valence-corrected chi connectivity index (χ4v) is 5.54. The average molecular weight is 412 g/mol. The fraction of sp³-hybridized carbons (Fsp3) is 0.650. The van der Waals surface area contributed by atoms with E-state index in [2.05, 4.69) is 10.2 Å². The van der Waals surface area contributed by atoms with E-state index < -0.39 is 15.8 Å². The summed E-state index contributed by atoms with van der Waals surface area (Å²) in [6.07, 6.45) is 4.50. The fourth-order valence-electron chi connectivity index (χ4n) is 3.96. The van der Waals surface area contributed by atoms with Gasteiger partial charge < -0.3 is 10.2 Å². The summed E-state index contributed by atoms with van der Waals surface area (Å²) >= 11 is 0. The first-order valence-corrected chi connectivity index (χ1v) is 11.8. The Bertz CT molecular complexity index is 758. The molecule has 1 N–H and O–H groups in total. The van der Waals surface area contributed by atoms with Crippen LogP contribution in [0.5, 0.6) is 0 Å². The van der Waals surface area contributed by atoms with E-state index in [0.29, 0.717) is 32.5 Å². The molecule has 156 valence electrons. The molecule has 0 bridgehead atoms. The van der Waals surface area contributed by atoms with Crippen LogP contribution in [0.25, 0.3) is 0 Å². The number of piperidine rings is 1. The van der Waals surface area contributed by atoms with Crippen LogP contribution in [0.15, 0.2) is 24.3 Å². The van der Waals surface area contributed by atoms with E-state index >= 15 is 0 Å². The molecule has 1 amide bonds. The van der Waals surface area contributed by atoms with Crippen molar-refractivity contribution in [3.05, 3.63) is 35.6 Å². The number of carbonyl (C=O) groups excluding carboxylic acids is 1. The molecular weight excluding hydrogens is 381 g/mol. The minimum Gasteiger partial charge on any atom is -0.356 e. The Hall–Kier alpha value is -1.51. The lowest BCUT2D eigenvalue weighted by molar-refractivity contribution is -0.126. The number of nitrogens with zero attached hydrogens (tertiary/aromatic N) is 2. The number of halogens is 1. The van der Waals surface area contributed by atoms with Crippen molar-refractivity contribution in [3.8, 4) is 0 Å². The molecule has 3 rings (SSSR count). The van der Waals surface area contributed by atoms with Crippen LogP contribution in [0.3, 0.4) is 0 Å². The van der Waals surface area contributed by atoms with Crippen LogP contribution in [0.2, 0.25) is 0 Å². The van der Waals surface area contributed by atoms with E-state index in [1.807, 2.05) is 0 Å². The third-order valence-electron chi connectivity index (χ3n) is 5.66. The molecule has 2 fully saturated rings. The number of likely N-dealkylation sites (tertiary alicyclic amines) is 1. The van der Waals surface area contributed by atoms with Gasteiger partial charge in [0.25, 0.3) is 0 Å². The summed E-state index contributed by atoms with van der Waals surface area (Å²) < 4.78 is 40.3. The van der Waals surface area contributed by atoms with Crippen molar-refractivity contribution in [2.24, 2.45) is 5.92 Å². The molecule has 28 heavy (non-hydrogen) atoms. The van der Waals surface area contributed by atoms with Crippen LogP contribution in [0, 0.1) is 11.7 Å². The molecule has 2 aliphatic heterocycles. The predicted molar refractivity (Wildman–Crippen MR) is 107 cm³/mol. The third-order valence-corrected chi connectivity index (χ3v) is 7.49. The first-order valence-electron chi connectivity index (χ1n) is 10.2. The van der Waals surface area contributed by atoms with Crippen molar-refractivity contribution in [2.75, 3.05) is 39.3 Å². The molecule has 2 heterocycles. The average Bonchev–Trinajstić information content (AvgIpc) is 3.20. The normalized spacial score (nSPS) is 19.8. The van der Waals surface area contributed by atoms with Gasteiger partial charge in [0.05, 0.1) is 5.75 Å². The van der Waals surface area contributed by atoms with Crippen LogP contribution < -0.4 is 5.32 Å². The number of nitrogens with one attached hydrogen (secondary N) is 1. The zero-order chi connectivity index (χ0) is 20.0. The number of hydrogen-bond acceptors (Lipinski definition) is 4. The second-order valence-corrected chi connectivity index (χ2v) is 9.68. The summed E-state index contributed by atoms with van der Waals surface area (Å²) in [4.78, 5) is 14.8. The summed E-state index contributed by atoms with van der Waals surface area (Å²) in [5.41, 5.74) is 0.181. The number of carbonyl (C=O) groups is 1. The number of benzene rings is 1. The highest BCUT2D eigenvalue weighted by Gasteiger charge is 2.31. The Balaban J connectivity index is 1.40. The molecular formula is C20H30FN3O3S. The van der Waals surface area contributed by atoms with Gasteiger partial charge in [0.15, 0.2) is 0 Å². The molecule has 0 unspecified atom stereocenters. The summed E-state index contributed by atoms with van der Waals surface area (Å²) in [7, 11) is -3.58. The highest BCUT2D eigenvalue weighted by atomic mass is 32.2. The maximum absolute atomic E-state index is 13.8. The smallest absolute Gasteiger partial charge is 0.223 e. The van der Waals surface area contributed by atoms with Gasteiger partial charge >= 0.3 is 0 Å². The Kier molecular flexibility index (Phi) is 7.42. The second-order valence-electron chi connectivity index (χ2n) is 7.71. The molecule has 1 aromatic rings. The minimum atomic E-state index is -3.58. The predicted octanol–water partition coefficient (Wildman–Crippen LogP) is 1.97. The van der Waals surface area contributed by atoms with Crippen molar-refractivity contribution in [1.29, 1.82) is 0 Å². The van der Waals surface area contributed by atoms with Crippen LogP contribution in [0.1, 0.15) is 37.7 Å². The molecule has 0 radical (unpaired) electrons. The molecule has 2 aliphatic rings. The van der Waals surface area contributed by atoms with E-state index in [4.69, 9.17) is 0 Å². The van der Waals surface area contributed by atoms with Gasteiger partial charge in [0, 0.05) is 31.1 Å². The standard InChI is InChI=1S/C20H30FN3O3S/c21-19-7-2-1-6-18(19)16-28(26,27)24-14-8-17(9-15-24)20(25)22-10-5-13-23-11-3-4-12-23/h1-2,6-7,17H,3-5,8-16H2,(H,22,25). The summed E-state index contributed by atoms with van der Waals surface area (Å²) in [5, 5.41) is 2.99. The first-order chi connectivity index (χ1) is 13.5. The topological polar surface area (TPSA) is 69.7 Å². The SMILES string of the molecule is O=C(NCCCN1CCCC1)C1CCN(S(=O)(=O)Cc2ccccc2F)CC1. The van der Waals surface area contributed by atoms with Gasteiger partial charge in [-0.2, -0.15) is 0 Å². The van der Waals surface area contributed by atoms with Gasteiger partial charge in [-0.05, 0) is 57.8 Å². The van der Waals surface area contributed by atoms with Crippen LogP contribution in [0.4, 0.5) is 4.39 Å². The largest absolute Gasteiger partial charge is 0.356 e. The maximum Gasteiger partial charge on any atom is 0.223 e. The number of rotatable bonds is 8. The summed E-state index contributed by atoms with van der Waals surface area (Å²) in [6, 6.07) is 5.94. The monoisotopic (exact) mass is 411 g/mol. The van der Waals surface area contributed by atoms with Crippen LogP contribution in [-0.2, 0) is 20.6 Å². The second kappa shape index (κ2) is 9.80. The highest BCUT2D eigenvalue weighted by molar-refractivity contribution is 7.88. The Labute approximate surface area is 167 Å². The molecule has 1 aromatic carbocycles. The lowest BCUT2D eigenvalue weighted by atomic mass is 9.97. The minimum absolute atomic E-state index is 0.0209. The number of sulfonamides is 1. The highest BCUT2D eigenvalue weighted by Crippen LogP contribution is 2.22. The van der Waals surface area contributed by atoms with Crippen molar-refractivity contribution < 1.29 is 17.6 Å². The van der Waals surface area contributed by atoms with E-state index in [1.54, 1.807) is 12.1 Å². The lowest BCUT2D eigenvalue weighted by Gasteiger charge is -2.30. The van der Waals surface area contributed by atoms with Crippen molar-refractivity contribution in [3.63, 3.8) is 0 Å². The van der Waals surface area contributed by atoms with Gasteiger partial charge in [0.2, 0.25) is 15.9 Å². The molecule has 0 aliphatic carbocycles. The third kappa shape index (κ3) is 5.75. The van der Waals surface area contributed by atoms with E-state index in [1.165, 1.54) is 29.3 Å². The number of amides is 1. The zero-order valence-corrected chi connectivity index (χ0v) is 17.1. The summed E-state index contributed by atoms with van der Waals surface area (Å²) in [6.45, 7) is 4.63. The quantitative estimate of drug-likeness (QED) is 0.664. The van der Waals surface area contributed by atoms with Crippen molar-refractivity contribution >= 4 is 15.9 Å². The molecule has 0 atom stereocenters. The zero-order valence-electron chi connectivity index (χ0n) is 16.3. The molecule has 0 aromatic heterocycles. The van der Waals surface area contributed by atoms with Gasteiger partial charge in [-0.1, -0.05) is 18.2 Å². The Morgan fingerprint density at radius 3 is 2.46 bits per heavy atom. The number of hydrogen-bond donors (Lipinski definition) is 1. The van der Waals surface area contributed by atoms with E-state index in [9.17, 15) is 17.6 Å². The molecule has 0 saturated carbocycles. The van der Waals surface area contributed by atoms with Gasteiger partial charge in [0.1, 0.15) is 5.82 Å². The van der Waals surface area contributed by atoms with Gasteiger partial charge in [-0.3, -0.25) is 4.79 Å². The molecule has 8 heteroatoms.